The number of para-hydroxylation sites is 1. The lowest BCUT2D eigenvalue weighted by atomic mass is 10.0. The maximum absolute atomic E-state index is 12.8. The second-order valence-corrected chi connectivity index (χ2v) is 6.69. The molecule has 0 saturated carbocycles. The van der Waals surface area contributed by atoms with Crippen LogP contribution in [0, 0.1) is 6.92 Å². The van der Waals surface area contributed by atoms with Crippen LogP contribution in [-0.4, -0.2) is 29.3 Å². The number of carbonyl (C=O) groups excluding carboxylic acids is 3. The number of aryl methyl sites for hydroxylation is 1. The number of nitrogens with zero attached hydrogens (tertiary/aromatic N) is 1. The van der Waals surface area contributed by atoms with Crippen molar-refractivity contribution >= 4 is 34.3 Å². The molecule has 1 N–H and O–H groups in total. The van der Waals surface area contributed by atoms with Crippen LogP contribution in [-0.2, 0) is 16.0 Å². The highest BCUT2D eigenvalue weighted by Gasteiger charge is 2.19. The smallest absolute Gasteiger partial charge is 0.339 e. The molecule has 0 fully saturated rings. The average molecular weight is 390 g/mol. The number of Topliss-reactive ketones (excluding diaryl/α,β-unsaturated/α-hetero) is 1. The molecule has 1 amide bonds. The summed E-state index contributed by atoms with van der Waals surface area (Å²) in [4.78, 5) is 41.0. The Morgan fingerprint density at radius 1 is 1.07 bits per heavy atom. The number of ether oxygens (including phenoxy) is 1. The third-order valence-electron chi connectivity index (χ3n) is 4.66. The van der Waals surface area contributed by atoms with Gasteiger partial charge in [0.15, 0.2) is 12.4 Å². The highest BCUT2D eigenvalue weighted by Crippen LogP contribution is 2.24. The number of amides is 1. The van der Waals surface area contributed by atoms with Gasteiger partial charge in [-0.1, -0.05) is 37.3 Å². The predicted molar refractivity (Wildman–Crippen MR) is 111 cm³/mol. The number of esters is 1. The van der Waals surface area contributed by atoms with Gasteiger partial charge in [-0.05, 0) is 44.0 Å². The summed E-state index contributed by atoms with van der Waals surface area (Å²) in [6.07, 6.45) is 0.684. The van der Waals surface area contributed by atoms with E-state index >= 15 is 0 Å². The van der Waals surface area contributed by atoms with Gasteiger partial charge in [0.2, 0.25) is 0 Å². The summed E-state index contributed by atoms with van der Waals surface area (Å²) in [5, 5.41) is 3.33. The summed E-state index contributed by atoms with van der Waals surface area (Å²) in [7, 11) is 0. The van der Waals surface area contributed by atoms with E-state index in [4.69, 9.17) is 4.74 Å². The van der Waals surface area contributed by atoms with E-state index in [2.05, 4.69) is 10.3 Å². The van der Waals surface area contributed by atoms with Crippen molar-refractivity contribution in [1.29, 1.82) is 0 Å². The zero-order valence-corrected chi connectivity index (χ0v) is 16.6. The summed E-state index contributed by atoms with van der Waals surface area (Å²) >= 11 is 0. The highest BCUT2D eigenvalue weighted by atomic mass is 16.5. The van der Waals surface area contributed by atoms with E-state index in [1.54, 1.807) is 24.3 Å². The van der Waals surface area contributed by atoms with Crippen molar-refractivity contribution in [3.05, 3.63) is 70.9 Å². The van der Waals surface area contributed by atoms with Crippen molar-refractivity contribution in [2.75, 3.05) is 11.9 Å². The molecule has 0 radical (unpaired) electrons. The molecule has 0 aliphatic rings. The van der Waals surface area contributed by atoms with Gasteiger partial charge in [0.25, 0.3) is 5.91 Å². The van der Waals surface area contributed by atoms with Gasteiger partial charge < -0.3 is 10.1 Å². The first kappa shape index (κ1) is 20.2. The molecule has 3 rings (SSSR count). The number of anilines is 1. The van der Waals surface area contributed by atoms with Crippen molar-refractivity contribution in [2.45, 2.75) is 27.2 Å². The van der Waals surface area contributed by atoms with Crippen LogP contribution in [0.1, 0.15) is 45.8 Å². The first-order chi connectivity index (χ1) is 13.9. The van der Waals surface area contributed by atoms with Crippen molar-refractivity contribution in [3.63, 3.8) is 0 Å². The molecule has 2 aromatic carbocycles. The fraction of sp³-hybridized carbons (Fsp3) is 0.217. The normalized spacial score (nSPS) is 10.6. The number of fused-ring (bicyclic) bond motifs is 1. The first-order valence-electron chi connectivity index (χ1n) is 9.37. The van der Waals surface area contributed by atoms with E-state index < -0.39 is 18.5 Å². The quantitative estimate of drug-likeness (QED) is 0.506. The van der Waals surface area contributed by atoms with Crippen LogP contribution < -0.4 is 5.32 Å². The Morgan fingerprint density at radius 3 is 2.55 bits per heavy atom. The van der Waals surface area contributed by atoms with Crippen molar-refractivity contribution < 1.29 is 19.1 Å². The largest absolute Gasteiger partial charge is 0.452 e. The molecule has 3 aromatic rings. The molecule has 0 saturated heterocycles. The lowest BCUT2D eigenvalue weighted by Crippen LogP contribution is -2.22. The number of carbonyl (C=O) groups is 3. The molecule has 1 aromatic heterocycles. The number of pyridine rings is 1. The third kappa shape index (κ3) is 4.48. The zero-order valence-electron chi connectivity index (χ0n) is 16.6. The minimum Gasteiger partial charge on any atom is -0.452 e. The van der Waals surface area contributed by atoms with Gasteiger partial charge in [-0.3, -0.25) is 14.6 Å². The number of ketones is 1. The molecular formula is C23H22N2O4. The van der Waals surface area contributed by atoms with Crippen molar-refractivity contribution in [2.24, 2.45) is 0 Å². The zero-order chi connectivity index (χ0) is 21.0. The molecule has 0 aliphatic carbocycles. The van der Waals surface area contributed by atoms with Gasteiger partial charge >= 0.3 is 5.97 Å². The van der Waals surface area contributed by atoms with Crippen molar-refractivity contribution in [1.82, 2.24) is 4.98 Å². The van der Waals surface area contributed by atoms with E-state index in [0.717, 1.165) is 11.3 Å². The Bertz CT molecular complexity index is 1110. The van der Waals surface area contributed by atoms with Gasteiger partial charge in [0.1, 0.15) is 0 Å². The number of aromatic nitrogens is 1. The number of rotatable bonds is 6. The molecule has 0 bridgehead atoms. The van der Waals surface area contributed by atoms with E-state index in [1.165, 1.54) is 6.92 Å². The van der Waals surface area contributed by atoms with Crippen LogP contribution in [0.5, 0.6) is 0 Å². The predicted octanol–water partition coefficient (Wildman–Crippen LogP) is 4.10. The number of hydrogen-bond donors (Lipinski definition) is 1. The maximum atomic E-state index is 12.8. The molecule has 29 heavy (non-hydrogen) atoms. The molecule has 0 atom stereocenters. The van der Waals surface area contributed by atoms with Gasteiger partial charge in [-0.25, -0.2) is 4.79 Å². The maximum Gasteiger partial charge on any atom is 0.339 e. The van der Waals surface area contributed by atoms with Crippen LogP contribution in [0.25, 0.3) is 10.9 Å². The summed E-state index contributed by atoms with van der Waals surface area (Å²) in [5.74, 6) is -1.14. The lowest BCUT2D eigenvalue weighted by Gasteiger charge is -2.13. The molecule has 0 unspecified atom stereocenters. The summed E-state index contributed by atoms with van der Waals surface area (Å²) in [5.41, 5.74) is 3.68. The number of benzene rings is 2. The monoisotopic (exact) mass is 390 g/mol. The molecular weight excluding hydrogens is 368 g/mol. The number of hydrogen-bond acceptors (Lipinski definition) is 5. The highest BCUT2D eigenvalue weighted by molar-refractivity contribution is 6.06. The summed E-state index contributed by atoms with van der Waals surface area (Å²) < 4.78 is 5.28. The van der Waals surface area contributed by atoms with E-state index in [1.807, 2.05) is 38.1 Å². The minimum atomic E-state index is -0.566. The summed E-state index contributed by atoms with van der Waals surface area (Å²) in [6, 6.07) is 14.0. The second-order valence-electron chi connectivity index (χ2n) is 6.69. The fourth-order valence-electron chi connectivity index (χ4n) is 3.18. The van der Waals surface area contributed by atoms with E-state index in [0.29, 0.717) is 34.1 Å². The topological polar surface area (TPSA) is 85.4 Å². The van der Waals surface area contributed by atoms with Gasteiger partial charge in [0.05, 0.1) is 11.1 Å². The van der Waals surface area contributed by atoms with Crippen LogP contribution >= 0.6 is 0 Å². The Kier molecular flexibility index (Phi) is 6.02. The van der Waals surface area contributed by atoms with Gasteiger partial charge in [0, 0.05) is 22.3 Å². The standard InChI is InChI=1S/C23H22N2O4/c1-4-19-14(2)22(18-10-5-6-11-20(18)25-19)23(28)29-13-21(27)24-17-9-7-8-16(12-17)15(3)26/h5-12H,4,13H2,1-3H3,(H,24,27). The molecule has 6 nitrogen and oxygen atoms in total. The molecule has 6 heteroatoms. The second kappa shape index (κ2) is 8.65. The number of nitrogens with one attached hydrogen (secondary N) is 1. The third-order valence-corrected chi connectivity index (χ3v) is 4.66. The summed E-state index contributed by atoms with van der Waals surface area (Å²) in [6.45, 7) is 4.83. The van der Waals surface area contributed by atoms with Gasteiger partial charge in [-0.2, -0.15) is 0 Å². The van der Waals surface area contributed by atoms with Crippen molar-refractivity contribution in [3.8, 4) is 0 Å². The van der Waals surface area contributed by atoms with Gasteiger partial charge in [-0.15, -0.1) is 0 Å². The molecule has 148 valence electrons. The van der Waals surface area contributed by atoms with Crippen LogP contribution in [0.3, 0.4) is 0 Å². The Labute approximate surface area is 168 Å². The SMILES string of the molecule is CCc1nc2ccccc2c(C(=O)OCC(=O)Nc2cccc(C(C)=O)c2)c1C. The molecule has 0 aliphatic heterocycles. The van der Waals surface area contributed by atoms with Crippen LogP contribution in [0.2, 0.25) is 0 Å². The van der Waals surface area contributed by atoms with Crippen LogP contribution in [0.15, 0.2) is 48.5 Å². The minimum absolute atomic E-state index is 0.0979. The Hall–Kier alpha value is -3.54. The van der Waals surface area contributed by atoms with Crippen LogP contribution in [0.4, 0.5) is 5.69 Å². The average Bonchev–Trinajstić information content (AvgIpc) is 2.71. The Balaban J connectivity index is 1.76. The Morgan fingerprint density at radius 2 is 1.83 bits per heavy atom. The lowest BCUT2D eigenvalue weighted by molar-refractivity contribution is -0.119. The molecule has 1 heterocycles. The molecule has 0 spiro atoms. The van der Waals surface area contributed by atoms with E-state index in [9.17, 15) is 14.4 Å². The van der Waals surface area contributed by atoms with E-state index in [-0.39, 0.29) is 5.78 Å². The fourth-order valence-corrected chi connectivity index (χ4v) is 3.18. The first-order valence-corrected chi connectivity index (χ1v) is 9.37.